The highest BCUT2D eigenvalue weighted by molar-refractivity contribution is 7.89. The summed E-state index contributed by atoms with van der Waals surface area (Å²) in [5.74, 6) is -0.368. The van der Waals surface area contributed by atoms with Gasteiger partial charge in [-0.15, -0.1) is 0 Å². The lowest BCUT2D eigenvalue weighted by molar-refractivity contribution is 0.102. The first-order valence-corrected chi connectivity index (χ1v) is 10.4. The largest absolute Gasteiger partial charge is 0.322 e. The summed E-state index contributed by atoms with van der Waals surface area (Å²) in [5.41, 5.74) is 3.08. The van der Waals surface area contributed by atoms with Crippen molar-refractivity contribution in [1.82, 2.24) is 9.29 Å². The Balaban J connectivity index is 1.57. The van der Waals surface area contributed by atoms with Crippen LogP contribution in [-0.2, 0) is 23.0 Å². The Kier molecular flexibility index (Phi) is 4.93. The molecule has 142 valence electrons. The van der Waals surface area contributed by atoms with Gasteiger partial charge < -0.3 is 5.32 Å². The number of hydrogen-bond donors (Lipinski definition) is 1. The molecule has 0 saturated carbocycles. The van der Waals surface area contributed by atoms with Crippen molar-refractivity contribution in [3.63, 3.8) is 0 Å². The zero-order chi connectivity index (χ0) is 19.6. The fourth-order valence-corrected chi connectivity index (χ4v) is 4.73. The molecule has 0 saturated heterocycles. The molecule has 0 radical (unpaired) electrons. The summed E-state index contributed by atoms with van der Waals surface area (Å²) in [6.07, 6.45) is 3.83. The maximum absolute atomic E-state index is 13.1. The van der Waals surface area contributed by atoms with Crippen molar-refractivity contribution in [3.05, 3.63) is 89.7 Å². The van der Waals surface area contributed by atoms with Crippen LogP contribution in [0.5, 0.6) is 0 Å². The first-order valence-electron chi connectivity index (χ1n) is 8.92. The third kappa shape index (κ3) is 3.67. The Morgan fingerprint density at radius 2 is 1.71 bits per heavy atom. The number of hydrogen-bond acceptors (Lipinski definition) is 4. The van der Waals surface area contributed by atoms with Gasteiger partial charge in [-0.25, -0.2) is 8.42 Å². The van der Waals surface area contributed by atoms with Crippen molar-refractivity contribution in [3.8, 4) is 0 Å². The molecular weight excluding hydrogens is 374 g/mol. The lowest BCUT2D eigenvalue weighted by Crippen LogP contribution is -2.36. The second-order valence-electron chi connectivity index (χ2n) is 6.58. The quantitative estimate of drug-likeness (QED) is 0.739. The van der Waals surface area contributed by atoms with E-state index in [0.29, 0.717) is 25.2 Å². The minimum atomic E-state index is -3.69. The number of pyridine rings is 1. The van der Waals surface area contributed by atoms with E-state index < -0.39 is 10.0 Å². The molecule has 0 unspecified atom stereocenters. The van der Waals surface area contributed by atoms with E-state index >= 15 is 0 Å². The SMILES string of the molecule is O=C(Nc1ccncc1)c1cccc(S(=O)(=O)N2CCc3ccccc3C2)c1. The van der Waals surface area contributed by atoms with Gasteiger partial charge in [-0.2, -0.15) is 4.31 Å². The second-order valence-corrected chi connectivity index (χ2v) is 8.51. The van der Waals surface area contributed by atoms with E-state index in [1.54, 1.807) is 36.7 Å². The van der Waals surface area contributed by atoms with Gasteiger partial charge >= 0.3 is 0 Å². The molecule has 1 aliphatic heterocycles. The average Bonchev–Trinajstić information content (AvgIpc) is 2.74. The Morgan fingerprint density at radius 1 is 0.964 bits per heavy atom. The predicted molar refractivity (Wildman–Crippen MR) is 106 cm³/mol. The Hall–Kier alpha value is -3.03. The molecule has 7 heteroatoms. The van der Waals surface area contributed by atoms with E-state index in [1.807, 2.05) is 24.3 Å². The van der Waals surface area contributed by atoms with Crippen LogP contribution in [0.2, 0.25) is 0 Å². The van der Waals surface area contributed by atoms with Gasteiger partial charge in [0.25, 0.3) is 5.91 Å². The average molecular weight is 393 g/mol. The Bertz CT molecular complexity index is 1110. The van der Waals surface area contributed by atoms with Gasteiger partial charge in [0.2, 0.25) is 10.0 Å². The lowest BCUT2D eigenvalue weighted by Gasteiger charge is -2.28. The van der Waals surface area contributed by atoms with Crippen LogP contribution in [0.1, 0.15) is 21.5 Å². The minimum Gasteiger partial charge on any atom is -0.322 e. The standard InChI is InChI=1S/C21H19N3O3S/c25-21(23-19-8-11-22-12-9-19)17-6-3-7-20(14-17)28(26,27)24-13-10-16-4-1-2-5-18(16)15-24/h1-9,11-12,14H,10,13,15H2,(H,22,23,25). The van der Waals surface area contributed by atoms with Crippen molar-refractivity contribution in [2.24, 2.45) is 0 Å². The van der Waals surface area contributed by atoms with Crippen molar-refractivity contribution < 1.29 is 13.2 Å². The first kappa shape index (κ1) is 18.3. The van der Waals surface area contributed by atoms with Gasteiger partial charge in [-0.05, 0) is 47.9 Å². The van der Waals surface area contributed by atoms with Gasteiger partial charge in [0.05, 0.1) is 4.90 Å². The van der Waals surface area contributed by atoms with Gasteiger partial charge in [-0.1, -0.05) is 30.3 Å². The molecule has 1 amide bonds. The highest BCUT2D eigenvalue weighted by Gasteiger charge is 2.28. The van der Waals surface area contributed by atoms with E-state index in [0.717, 1.165) is 5.56 Å². The summed E-state index contributed by atoms with van der Waals surface area (Å²) in [6.45, 7) is 0.763. The van der Waals surface area contributed by atoms with Gasteiger partial charge in [-0.3, -0.25) is 9.78 Å². The Morgan fingerprint density at radius 3 is 2.50 bits per heavy atom. The van der Waals surface area contributed by atoms with Crippen molar-refractivity contribution in [2.45, 2.75) is 17.9 Å². The number of rotatable bonds is 4. The third-order valence-corrected chi connectivity index (χ3v) is 6.61. The summed E-state index contributed by atoms with van der Waals surface area (Å²) in [7, 11) is -3.69. The van der Waals surface area contributed by atoms with E-state index in [2.05, 4.69) is 10.3 Å². The van der Waals surface area contributed by atoms with Crippen LogP contribution in [-0.4, -0.2) is 30.2 Å². The van der Waals surface area contributed by atoms with Crippen LogP contribution < -0.4 is 5.32 Å². The van der Waals surface area contributed by atoms with E-state index in [4.69, 9.17) is 0 Å². The number of nitrogens with one attached hydrogen (secondary N) is 1. The molecule has 2 aromatic carbocycles. The highest BCUT2D eigenvalue weighted by Crippen LogP contribution is 2.25. The third-order valence-electron chi connectivity index (χ3n) is 4.77. The van der Waals surface area contributed by atoms with Crippen LogP contribution in [0.15, 0.2) is 78.0 Å². The molecule has 0 atom stereocenters. The minimum absolute atomic E-state index is 0.120. The van der Waals surface area contributed by atoms with Crippen LogP contribution in [0, 0.1) is 0 Å². The summed E-state index contributed by atoms with van der Waals surface area (Å²) in [6, 6.07) is 17.3. The van der Waals surface area contributed by atoms with E-state index in [-0.39, 0.29) is 16.4 Å². The normalized spacial score (nSPS) is 14.3. The monoisotopic (exact) mass is 393 g/mol. The molecule has 1 N–H and O–H groups in total. The number of carbonyl (C=O) groups excluding carboxylic acids is 1. The van der Waals surface area contributed by atoms with Crippen LogP contribution in [0.25, 0.3) is 0 Å². The molecule has 4 rings (SSSR count). The number of anilines is 1. The Labute approximate surface area is 163 Å². The van der Waals surface area contributed by atoms with Gasteiger partial charge in [0.1, 0.15) is 0 Å². The molecule has 1 aliphatic rings. The number of sulfonamides is 1. The van der Waals surface area contributed by atoms with Gasteiger partial charge in [0, 0.05) is 36.7 Å². The van der Waals surface area contributed by atoms with E-state index in [1.165, 1.54) is 22.0 Å². The fraction of sp³-hybridized carbons (Fsp3) is 0.143. The molecule has 0 spiro atoms. The smallest absolute Gasteiger partial charge is 0.255 e. The lowest BCUT2D eigenvalue weighted by atomic mass is 10.0. The number of aromatic nitrogens is 1. The first-order chi connectivity index (χ1) is 13.5. The van der Waals surface area contributed by atoms with Crippen molar-refractivity contribution in [2.75, 3.05) is 11.9 Å². The number of nitrogens with zero attached hydrogens (tertiary/aromatic N) is 2. The molecule has 1 aromatic heterocycles. The van der Waals surface area contributed by atoms with Crippen molar-refractivity contribution in [1.29, 1.82) is 0 Å². The predicted octanol–water partition coefficient (Wildman–Crippen LogP) is 3.08. The molecule has 0 fully saturated rings. The number of carbonyl (C=O) groups is 1. The summed E-state index contributed by atoms with van der Waals surface area (Å²) >= 11 is 0. The molecular formula is C21H19N3O3S. The molecule has 0 bridgehead atoms. The fourth-order valence-electron chi connectivity index (χ4n) is 3.26. The van der Waals surface area contributed by atoms with E-state index in [9.17, 15) is 13.2 Å². The molecule has 3 aromatic rings. The molecule has 6 nitrogen and oxygen atoms in total. The summed E-state index contributed by atoms with van der Waals surface area (Å²) in [4.78, 5) is 16.5. The molecule has 0 aliphatic carbocycles. The van der Waals surface area contributed by atoms with Crippen molar-refractivity contribution >= 4 is 21.6 Å². The number of benzene rings is 2. The number of amides is 1. The highest BCUT2D eigenvalue weighted by atomic mass is 32.2. The summed E-state index contributed by atoms with van der Waals surface area (Å²) in [5, 5.41) is 2.74. The van der Waals surface area contributed by atoms with Crippen LogP contribution in [0.4, 0.5) is 5.69 Å². The summed E-state index contributed by atoms with van der Waals surface area (Å²) < 4.78 is 27.7. The van der Waals surface area contributed by atoms with Crippen LogP contribution in [0.3, 0.4) is 0 Å². The molecule has 2 heterocycles. The van der Waals surface area contributed by atoms with Gasteiger partial charge in [0.15, 0.2) is 0 Å². The van der Waals surface area contributed by atoms with Crippen LogP contribution >= 0.6 is 0 Å². The second kappa shape index (κ2) is 7.53. The topological polar surface area (TPSA) is 79.4 Å². The molecule has 28 heavy (non-hydrogen) atoms. The maximum atomic E-state index is 13.1. The maximum Gasteiger partial charge on any atom is 0.255 e. The number of fused-ring (bicyclic) bond motifs is 1. The zero-order valence-corrected chi connectivity index (χ0v) is 15.9. The zero-order valence-electron chi connectivity index (χ0n) is 15.1.